The first-order chi connectivity index (χ1) is 15.8. The fraction of sp³-hybridized carbons (Fsp3) is 1.00. The lowest BCUT2D eigenvalue weighted by Crippen LogP contribution is -2.47. The Balaban J connectivity index is 0.950. The first-order valence-corrected chi connectivity index (χ1v) is 15.4. The van der Waals surface area contributed by atoms with Crippen LogP contribution in [-0.2, 0) is 0 Å². The normalized spacial score (nSPS) is 40.9. The molecule has 2 N–H and O–H groups in total. The van der Waals surface area contributed by atoms with Crippen LogP contribution in [0.1, 0.15) is 141 Å². The van der Waals surface area contributed by atoms with Gasteiger partial charge in [-0.15, -0.1) is 0 Å². The molecule has 2 heteroatoms. The Bertz CT molecular complexity index is 463. The standard InChI is InChI=1S/C30H54N2/c1-3-7-23(8-4-1)25-11-15-27(16-12-25)31-29-19-21-30(22-20-29)32-28-17-13-26(14-18-28)24-9-5-2-6-10-24/h23-32H,1-22H2. The fourth-order valence-electron chi connectivity index (χ4n) is 8.82. The van der Waals surface area contributed by atoms with Gasteiger partial charge in [-0.05, 0) is 101 Å². The molecule has 0 saturated heterocycles. The molecule has 5 aliphatic carbocycles. The summed E-state index contributed by atoms with van der Waals surface area (Å²) >= 11 is 0. The molecule has 5 rings (SSSR count). The Morgan fingerprint density at radius 2 is 0.500 bits per heavy atom. The van der Waals surface area contributed by atoms with E-state index in [0.717, 1.165) is 47.8 Å². The molecule has 0 aromatic carbocycles. The molecule has 2 nitrogen and oxygen atoms in total. The lowest BCUT2D eigenvalue weighted by atomic mass is 9.72. The fourth-order valence-corrected chi connectivity index (χ4v) is 8.82. The van der Waals surface area contributed by atoms with Gasteiger partial charge in [-0.25, -0.2) is 0 Å². The topological polar surface area (TPSA) is 24.1 Å². The zero-order valence-corrected chi connectivity index (χ0v) is 21.2. The van der Waals surface area contributed by atoms with E-state index in [2.05, 4.69) is 10.6 Å². The third kappa shape index (κ3) is 6.53. The molecule has 0 radical (unpaired) electrons. The minimum atomic E-state index is 0.811. The van der Waals surface area contributed by atoms with Gasteiger partial charge in [0.05, 0.1) is 0 Å². The third-order valence-corrected chi connectivity index (χ3v) is 10.8. The highest BCUT2D eigenvalue weighted by Gasteiger charge is 2.32. The lowest BCUT2D eigenvalue weighted by molar-refractivity contribution is 0.157. The van der Waals surface area contributed by atoms with Crippen LogP contribution in [0.3, 0.4) is 0 Å². The molecular weight excluding hydrogens is 388 g/mol. The molecule has 0 amide bonds. The first kappa shape index (κ1) is 23.7. The average Bonchev–Trinajstić information content (AvgIpc) is 2.87. The maximum absolute atomic E-state index is 4.12. The summed E-state index contributed by atoms with van der Waals surface area (Å²) in [7, 11) is 0. The van der Waals surface area contributed by atoms with E-state index in [4.69, 9.17) is 0 Å². The smallest absolute Gasteiger partial charge is 0.00708 e. The van der Waals surface area contributed by atoms with E-state index in [0.29, 0.717) is 0 Å². The van der Waals surface area contributed by atoms with Crippen LogP contribution in [0.15, 0.2) is 0 Å². The van der Waals surface area contributed by atoms with Crippen molar-refractivity contribution in [1.29, 1.82) is 0 Å². The van der Waals surface area contributed by atoms with Crippen molar-refractivity contribution in [3.8, 4) is 0 Å². The van der Waals surface area contributed by atoms with E-state index in [1.165, 1.54) is 116 Å². The Morgan fingerprint density at radius 3 is 0.812 bits per heavy atom. The molecule has 32 heavy (non-hydrogen) atoms. The molecular formula is C30H54N2. The van der Waals surface area contributed by atoms with E-state index in [1.807, 2.05) is 0 Å². The zero-order valence-electron chi connectivity index (χ0n) is 21.2. The van der Waals surface area contributed by atoms with E-state index in [-0.39, 0.29) is 0 Å². The number of hydrogen-bond donors (Lipinski definition) is 2. The van der Waals surface area contributed by atoms with E-state index >= 15 is 0 Å². The van der Waals surface area contributed by atoms with Crippen molar-refractivity contribution in [1.82, 2.24) is 10.6 Å². The quantitative estimate of drug-likeness (QED) is 0.439. The van der Waals surface area contributed by atoms with Crippen LogP contribution >= 0.6 is 0 Å². The van der Waals surface area contributed by atoms with Gasteiger partial charge in [0.25, 0.3) is 0 Å². The molecule has 5 fully saturated rings. The van der Waals surface area contributed by atoms with Crippen LogP contribution in [0.5, 0.6) is 0 Å². The van der Waals surface area contributed by atoms with E-state index in [1.54, 1.807) is 25.7 Å². The zero-order chi connectivity index (χ0) is 21.6. The summed E-state index contributed by atoms with van der Waals surface area (Å²) in [5, 5.41) is 8.24. The SMILES string of the molecule is C1CCC(C2CCC(NC3CCC(NC4CCC(C5CCCCC5)CC4)CC3)CC2)CC1. The molecule has 0 aliphatic heterocycles. The second-order valence-electron chi connectivity index (χ2n) is 12.9. The average molecular weight is 443 g/mol. The summed E-state index contributed by atoms with van der Waals surface area (Å²) in [6, 6.07) is 3.29. The minimum absolute atomic E-state index is 0.811. The Hall–Kier alpha value is -0.0800. The van der Waals surface area contributed by atoms with Crippen molar-refractivity contribution in [2.45, 2.75) is 165 Å². The second kappa shape index (κ2) is 12.1. The molecule has 0 spiro atoms. The largest absolute Gasteiger partial charge is 0.311 e. The van der Waals surface area contributed by atoms with Gasteiger partial charge in [-0.2, -0.15) is 0 Å². The summed E-state index contributed by atoms with van der Waals surface area (Å²) in [6.07, 6.45) is 32.8. The Labute approximate surface area is 199 Å². The van der Waals surface area contributed by atoms with Crippen LogP contribution < -0.4 is 10.6 Å². The summed E-state index contributed by atoms with van der Waals surface area (Å²) in [6.45, 7) is 0. The van der Waals surface area contributed by atoms with Crippen molar-refractivity contribution >= 4 is 0 Å². The van der Waals surface area contributed by atoms with Crippen LogP contribution in [-0.4, -0.2) is 24.2 Å². The summed E-state index contributed by atoms with van der Waals surface area (Å²) in [5.41, 5.74) is 0. The summed E-state index contributed by atoms with van der Waals surface area (Å²) < 4.78 is 0. The van der Waals surface area contributed by atoms with E-state index < -0.39 is 0 Å². The molecule has 0 aromatic rings. The van der Waals surface area contributed by atoms with Gasteiger partial charge in [0.1, 0.15) is 0 Å². The number of hydrogen-bond acceptors (Lipinski definition) is 2. The van der Waals surface area contributed by atoms with Crippen molar-refractivity contribution in [2.75, 3.05) is 0 Å². The van der Waals surface area contributed by atoms with Gasteiger partial charge in [0.2, 0.25) is 0 Å². The Kier molecular flexibility index (Phi) is 8.91. The minimum Gasteiger partial charge on any atom is -0.311 e. The van der Waals surface area contributed by atoms with Crippen molar-refractivity contribution in [3.63, 3.8) is 0 Å². The number of nitrogens with one attached hydrogen (secondary N) is 2. The Morgan fingerprint density at radius 1 is 0.250 bits per heavy atom. The molecule has 0 bridgehead atoms. The summed E-state index contributed by atoms with van der Waals surface area (Å²) in [4.78, 5) is 0. The molecule has 0 unspecified atom stereocenters. The third-order valence-electron chi connectivity index (χ3n) is 10.8. The highest BCUT2D eigenvalue weighted by atomic mass is 15.0. The maximum atomic E-state index is 4.12. The van der Waals surface area contributed by atoms with Gasteiger partial charge in [-0.3, -0.25) is 0 Å². The van der Waals surface area contributed by atoms with Crippen LogP contribution in [0.25, 0.3) is 0 Å². The second-order valence-corrected chi connectivity index (χ2v) is 12.9. The van der Waals surface area contributed by atoms with E-state index in [9.17, 15) is 0 Å². The van der Waals surface area contributed by atoms with Crippen molar-refractivity contribution in [3.05, 3.63) is 0 Å². The molecule has 184 valence electrons. The predicted molar refractivity (Wildman–Crippen MR) is 137 cm³/mol. The number of rotatable bonds is 6. The lowest BCUT2D eigenvalue weighted by Gasteiger charge is -2.40. The maximum Gasteiger partial charge on any atom is 0.00708 e. The van der Waals surface area contributed by atoms with Gasteiger partial charge >= 0.3 is 0 Å². The molecule has 0 atom stereocenters. The van der Waals surface area contributed by atoms with Gasteiger partial charge < -0.3 is 10.6 Å². The predicted octanol–water partition coefficient (Wildman–Crippen LogP) is 7.76. The monoisotopic (exact) mass is 442 g/mol. The molecule has 5 saturated carbocycles. The van der Waals surface area contributed by atoms with Crippen LogP contribution in [0.2, 0.25) is 0 Å². The highest BCUT2D eigenvalue weighted by molar-refractivity contribution is 4.90. The first-order valence-electron chi connectivity index (χ1n) is 15.4. The van der Waals surface area contributed by atoms with Crippen LogP contribution in [0, 0.1) is 23.7 Å². The van der Waals surface area contributed by atoms with Gasteiger partial charge in [0, 0.05) is 24.2 Å². The summed E-state index contributed by atoms with van der Waals surface area (Å²) in [5.74, 6) is 4.32. The highest BCUT2D eigenvalue weighted by Crippen LogP contribution is 2.40. The van der Waals surface area contributed by atoms with Crippen LogP contribution in [0.4, 0.5) is 0 Å². The molecule has 0 heterocycles. The molecule has 0 aromatic heterocycles. The molecule has 5 aliphatic rings. The van der Waals surface area contributed by atoms with Crippen molar-refractivity contribution in [2.24, 2.45) is 23.7 Å². The van der Waals surface area contributed by atoms with Gasteiger partial charge in [0.15, 0.2) is 0 Å². The van der Waals surface area contributed by atoms with Gasteiger partial charge in [-0.1, -0.05) is 64.2 Å². The van der Waals surface area contributed by atoms with Crippen molar-refractivity contribution < 1.29 is 0 Å².